The maximum absolute atomic E-state index is 13.0. The van der Waals surface area contributed by atoms with Crippen LogP contribution in [0.25, 0.3) is 10.9 Å². The molecule has 3 amide bonds. The van der Waals surface area contributed by atoms with Gasteiger partial charge in [0.25, 0.3) is 0 Å². The van der Waals surface area contributed by atoms with Gasteiger partial charge < -0.3 is 15.6 Å². The van der Waals surface area contributed by atoms with Crippen LogP contribution in [0.15, 0.2) is 60.8 Å². The fourth-order valence-electron chi connectivity index (χ4n) is 4.07. The van der Waals surface area contributed by atoms with Crippen LogP contribution < -0.4 is 16.1 Å². The minimum Gasteiger partial charge on any atom is -0.361 e. The number of aromatic nitrogens is 1. The van der Waals surface area contributed by atoms with Crippen LogP contribution in [0.5, 0.6) is 0 Å². The first-order chi connectivity index (χ1) is 17.1. The van der Waals surface area contributed by atoms with Crippen molar-refractivity contribution < 1.29 is 19.6 Å². The van der Waals surface area contributed by atoms with E-state index >= 15 is 0 Å². The maximum atomic E-state index is 13.0. The minimum absolute atomic E-state index is 0.143. The second kappa shape index (κ2) is 13.9. The monoisotopic (exact) mass is 478 g/mol. The van der Waals surface area contributed by atoms with Crippen LogP contribution in [-0.2, 0) is 27.2 Å². The molecule has 3 aromatic rings. The first kappa shape index (κ1) is 26.0. The highest BCUT2D eigenvalue weighted by atomic mass is 16.5. The number of para-hydroxylation sites is 1. The van der Waals surface area contributed by atoms with E-state index in [1.54, 1.807) is 5.48 Å². The number of carbonyl (C=O) groups is 3. The first-order valence-corrected chi connectivity index (χ1v) is 12.2. The SMILES string of the molecule is O=C(CCCCCNC(=O)[C@@H](Cc1c[nH]c2ccccc12)NC(=O)CCCc1ccccc1)NO. The number of rotatable bonds is 14. The summed E-state index contributed by atoms with van der Waals surface area (Å²) in [5.74, 6) is -0.779. The predicted octanol–water partition coefficient (Wildman–Crippen LogP) is 3.40. The van der Waals surface area contributed by atoms with Gasteiger partial charge in [-0.1, -0.05) is 55.0 Å². The molecule has 0 radical (unpaired) electrons. The van der Waals surface area contributed by atoms with Gasteiger partial charge in [-0.15, -0.1) is 0 Å². The standard InChI is InChI=1S/C27H34N4O4/c32-25(16-9-12-20-10-3-1-4-11-20)30-24(18-21-19-29-23-14-7-6-13-22(21)23)27(34)28-17-8-2-5-15-26(33)31-35/h1,3-4,6-7,10-11,13-14,19,24,29,35H,2,5,8-9,12,15-18H2,(H,28,34)(H,30,32)(H,31,33)/t24-/m1/s1. The zero-order valence-corrected chi connectivity index (χ0v) is 19.9. The summed E-state index contributed by atoms with van der Waals surface area (Å²) in [6, 6.07) is 17.2. The highest BCUT2D eigenvalue weighted by Crippen LogP contribution is 2.19. The molecule has 0 spiro atoms. The van der Waals surface area contributed by atoms with E-state index in [1.165, 1.54) is 5.56 Å². The second-order valence-corrected chi connectivity index (χ2v) is 8.66. The number of nitrogens with one attached hydrogen (secondary N) is 4. The van der Waals surface area contributed by atoms with E-state index in [9.17, 15) is 14.4 Å². The smallest absolute Gasteiger partial charge is 0.243 e. The Labute approximate surface area is 205 Å². The second-order valence-electron chi connectivity index (χ2n) is 8.66. The average molecular weight is 479 g/mol. The number of H-pyrrole nitrogens is 1. The Bertz CT molecular complexity index is 1100. The molecule has 0 aliphatic carbocycles. The Hall–Kier alpha value is -3.65. The quantitative estimate of drug-likeness (QED) is 0.138. The molecule has 8 heteroatoms. The topological polar surface area (TPSA) is 123 Å². The van der Waals surface area contributed by atoms with Crippen molar-refractivity contribution >= 4 is 28.6 Å². The summed E-state index contributed by atoms with van der Waals surface area (Å²) in [7, 11) is 0. The molecule has 1 atom stereocenters. The van der Waals surface area contributed by atoms with Gasteiger partial charge in [-0.05, 0) is 42.9 Å². The number of fused-ring (bicyclic) bond motifs is 1. The van der Waals surface area contributed by atoms with Crippen molar-refractivity contribution in [2.24, 2.45) is 0 Å². The number of hydrogen-bond acceptors (Lipinski definition) is 4. The van der Waals surface area contributed by atoms with Crippen molar-refractivity contribution in [3.63, 3.8) is 0 Å². The molecule has 0 aliphatic rings. The Morgan fingerprint density at radius 2 is 1.60 bits per heavy atom. The minimum atomic E-state index is -0.682. The van der Waals surface area contributed by atoms with Gasteiger partial charge in [0.05, 0.1) is 0 Å². The zero-order valence-electron chi connectivity index (χ0n) is 19.9. The predicted molar refractivity (Wildman–Crippen MR) is 135 cm³/mol. The third-order valence-corrected chi connectivity index (χ3v) is 5.97. The first-order valence-electron chi connectivity index (χ1n) is 12.2. The number of amides is 3. The van der Waals surface area contributed by atoms with Crippen molar-refractivity contribution in [3.05, 3.63) is 71.9 Å². The number of benzene rings is 2. The van der Waals surface area contributed by atoms with E-state index in [2.05, 4.69) is 15.6 Å². The molecule has 5 N–H and O–H groups in total. The molecule has 0 unspecified atom stereocenters. The molecule has 0 fully saturated rings. The summed E-state index contributed by atoms with van der Waals surface area (Å²) in [6.45, 7) is 0.452. The van der Waals surface area contributed by atoms with Gasteiger partial charge in [-0.25, -0.2) is 5.48 Å². The highest BCUT2D eigenvalue weighted by Gasteiger charge is 2.22. The van der Waals surface area contributed by atoms with Crippen LogP contribution in [0, 0.1) is 0 Å². The maximum Gasteiger partial charge on any atom is 0.243 e. The van der Waals surface area contributed by atoms with Gasteiger partial charge in [0.2, 0.25) is 17.7 Å². The fourth-order valence-corrected chi connectivity index (χ4v) is 4.07. The van der Waals surface area contributed by atoms with E-state index < -0.39 is 11.9 Å². The van der Waals surface area contributed by atoms with Crippen LogP contribution in [0.3, 0.4) is 0 Å². The molecule has 0 bridgehead atoms. The fraction of sp³-hybridized carbons (Fsp3) is 0.370. The molecule has 3 rings (SSSR count). The summed E-state index contributed by atoms with van der Waals surface area (Å²) in [5, 5.41) is 15.4. The van der Waals surface area contributed by atoms with E-state index in [0.717, 1.165) is 29.3 Å². The normalized spacial score (nSPS) is 11.7. The summed E-state index contributed by atoms with van der Waals surface area (Å²) in [6.07, 6.45) is 6.45. The van der Waals surface area contributed by atoms with Gasteiger partial charge in [0.15, 0.2) is 0 Å². The lowest BCUT2D eigenvalue weighted by molar-refractivity contribution is -0.129. The average Bonchev–Trinajstić information content (AvgIpc) is 3.28. The molecule has 0 saturated heterocycles. The van der Waals surface area contributed by atoms with Crippen molar-refractivity contribution in [2.45, 2.75) is 57.4 Å². The van der Waals surface area contributed by atoms with Crippen molar-refractivity contribution in [3.8, 4) is 0 Å². The summed E-state index contributed by atoms with van der Waals surface area (Å²) < 4.78 is 0. The largest absolute Gasteiger partial charge is 0.361 e. The molecule has 0 saturated carbocycles. The van der Waals surface area contributed by atoms with Gasteiger partial charge in [0.1, 0.15) is 6.04 Å². The van der Waals surface area contributed by atoms with Gasteiger partial charge in [0, 0.05) is 42.9 Å². The number of hydrogen-bond donors (Lipinski definition) is 5. The summed E-state index contributed by atoms with van der Waals surface area (Å²) in [5.41, 5.74) is 4.76. The molecule has 1 aromatic heterocycles. The Morgan fingerprint density at radius 1 is 0.857 bits per heavy atom. The highest BCUT2D eigenvalue weighted by molar-refractivity contribution is 5.89. The van der Waals surface area contributed by atoms with E-state index in [-0.39, 0.29) is 18.2 Å². The van der Waals surface area contributed by atoms with Crippen LogP contribution >= 0.6 is 0 Å². The number of hydroxylamine groups is 1. The van der Waals surface area contributed by atoms with Crippen molar-refractivity contribution in [1.29, 1.82) is 0 Å². The number of unbranched alkanes of at least 4 members (excludes halogenated alkanes) is 2. The molecular weight excluding hydrogens is 444 g/mol. The van der Waals surface area contributed by atoms with Gasteiger partial charge >= 0.3 is 0 Å². The van der Waals surface area contributed by atoms with Crippen LogP contribution in [0.2, 0.25) is 0 Å². The molecule has 0 aliphatic heterocycles. The van der Waals surface area contributed by atoms with Gasteiger partial charge in [-0.2, -0.15) is 0 Å². The van der Waals surface area contributed by atoms with E-state index in [4.69, 9.17) is 5.21 Å². The Morgan fingerprint density at radius 3 is 2.40 bits per heavy atom. The molecule has 2 aromatic carbocycles. The summed E-state index contributed by atoms with van der Waals surface area (Å²) in [4.78, 5) is 40.0. The number of aromatic amines is 1. The van der Waals surface area contributed by atoms with Crippen molar-refractivity contribution in [2.75, 3.05) is 6.54 Å². The van der Waals surface area contributed by atoms with Crippen molar-refractivity contribution in [1.82, 2.24) is 21.1 Å². The van der Waals surface area contributed by atoms with Crippen LogP contribution in [-0.4, -0.2) is 40.5 Å². The van der Waals surface area contributed by atoms with E-state index in [0.29, 0.717) is 38.6 Å². The number of carbonyl (C=O) groups excluding carboxylic acids is 3. The third-order valence-electron chi connectivity index (χ3n) is 5.97. The molecule has 186 valence electrons. The molecular formula is C27H34N4O4. The third kappa shape index (κ3) is 8.57. The lowest BCUT2D eigenvalue weighted by atomic mass is 10.0. The number of aryl methyl sites for hydroxylation is 1. The molecule has 1 heterocycles. The van der Waals surface area contributed by atoms with Crippen LogP contribution in [0.4, 0.5) is 0 Å². The lowest BCUT2D eigenvalue weighted by Crippen LogP contribution is -2.48. The van der Waals surface area contributed by atoms with Gasteiger partial charge in [-0.3, -0.25) is 19.6 Å². The lowest BCUT2D eigenvalue weighted by Gasteiger charge is -2.18. The molecule has 35 heavy (non-hydrogen) atoms. The van der Waals surface area contributed by atoms with Crippen LogP contribution in [0.1, 0.15) is 49.7 Å². The Balaban J connectivity index is 1.54. The zero-order chi connectivity index (χ0) is 24.9. The summed E-state index contributed by atoms with van der Waals surface area (Å²) >= 11 is 0. The molecule has 8 nitrogen and oxygen atoms in total. The van der Waals surface area contributed by atoms with E-state index in [1.807, 2.05) is 60.8 Å². The Kier molecular flexibility index (Phi) is 10.3.